The maximum absolute atomic E-state index is 8.60. The Morgan fingerprint density at radius 2 is 2.22 bits per heavy atom. The second-order valence-electron chi connectivity index (χ2n) is 4.38. The van der Waals surface area contributed by atoms with Crippen molar-refractivity contribution in [1.82, 2.24) is 4.90 Å². The van der Waals surface area contributed by atoms with Crippen molar-refractivity contribution >= 4 is 17.4 Å². The summed E-state index contributed by atoms with van der Waals surface area (Å²) in [6, 6.07) is 5.45. The fourth-order valence-electron chi connectivity index (χ4n) is 1.69. The molecule has 0 bridgehead atoms. The van der Waals surface area contributed by atoms with E-state index in [0.29, 0.717) is 10.6 Å². The van der Waals surface area contributed by atoms with E-state index >= 15 is 0 Å². The minimum atomic E-state index is 0.0720. The number of unbranched alkanes of at least 4 members (excludes halogenated alkanes) is 1. The molecule has 18 heavy (non-hydrogen) atoms. The van der Waals surface area contributed by atoms with Gasteiger partial charge in [0.05, 0.1) is 0 Å². The van der Waals surface area contributed by atoms with Crippen LogP contribution < -0.4 is 5.73 Å². The van der Waals surface area contributed by atoms with Crippen LogP contribution in [0.3, 0.4) is 0 Å². The zero-order valence-electron chi connectivity index (χ0n) is 10.9. The Hall–Kier alpha value is -1.26. The van der Waals surface area contributed by atoms with Crippen LogP contribution in [0.4, 0.5) is 0 Å². The molecule has 0 aromatic heterocycles. The van der Waals surface area contributed by atoms with Crippen molar-refractivity contribution < 1.29 is 5.21 Å². The molecule has 0 aliphatic heterocycles. The molecule has 0 saturated heterocycles. The first-order valence-electron chi connectivity index (χ1n) is 6.03. The third-order valence-electron chi connectivity index (χ3n) is 2.79. The average molecular weight is 270 g/mol. The van der Waals surface area contributed by atoms with Crippen LogP contribution in [-0.2, 0) is 6.54 Å². The molecule has 0 heterocycles. The molecule has 0 radical (unpaired) electrons. The van der Waals surface area contributed by atoms with Crippen molar-refractivity contribution in [3.63, 3.8) is 0 Å². The Balaban J connectivity index is 2.74. The Kier molecular flexibility index (Phi) is 5.95. The topological polar surface area (TPSA) is 61.8 Å². The van der Waals surface area contributed by atoms with E-state index in [9.17, 15) is 0 Å². The fourth-order valence-corrected chi connectivity index (χ4v) is 1.93. The minimum absolute atomic E-state index is 0.0720. The molecule has 4 nitrogen and oxygen atoms in total. The molecule has 0 atom stereocenters. The summed E-state index contributed by atoms with van der Waals surface area (Å²) in [4.78, 5) is 2.23. The Morgan fingerprint density at radius 1 is 1.50 bits per heavy atom. The lowest BCUT2D eigenvalue weighted by Crippen LogP contribution is -2.19. The molecule has 0 unspecified atom stereocenters. The maximum atomic E-state index is 8.60. The van der Waals surface area contributed by atoms with Gasteiger partial charge in [0.1, 0.15) is 0 Å². The van der Waals surface area contributed by atoms with Crippen molar-refractivity contribution in [3.8, 4) is 0 Å². The van der Waals surface area contributed by atoms with Crippen LogP contribution in [0.1, 0.15) is 30.9 Å². The van der Waals surface area contributed by atoms with E-state index in [0.717, 1.165) is 18.7 Å². The van der Waals surface area contributed by atoms with Gasteiger partial charge in [-0.3, -0.25) is 0 Å². The summed E-state index contributed by atoms with van der Waals surface area (Å²) in [5.41, 5.74) is 7.18. The highest BCUT2D eigenvalue weighted by molar-refractivity contribution is 6.31. The number of oxime groups is 1. The van der Waals surface area contributed by atoms with E-state index in [1.54, 1.807) is 6.07 Å². The number of benzene rings is 1. The van der Waals surface area contributed by atoms with Gasteiger partial charge in [0.15, 0.2) is 5.84 Å². The molecule has 0 amide bonds. The van der Waals surface area contributed by atoms with Crippen LogP contribution in [0.25, 0.3) is 0 Å². The van der Waals surface area contributed by atoms with Gasteiger partial charge in [-0.2, -0.15) is 0 Å². The summed E-state index contributed by atoms with van der Waals surface area (Å²) in [7, 11) is 2.07. The first-order valence-corrected chi connectivity index (χ1v) is 6.41. The molecule has 1 aromatic rings. The van der Waals surface area contributed by atoms with Crippen LogP contribution in [0, 0.1) is 0 Å². The lowest BCUT2D eigenvalue weighted by Gasteiger charge is -2.17. The highest BCUT2D eigenvalue weighted by atomic mass is 35.5. The third kappa shape index (κ3) is 4.20. The first kappa shape index (κ1) is 14.8. The van der Waals surface area contributed by atoms with Gasteiger partial charge >= 0.3 is 0 Å². The number of rotatable bonds is 6. The summed E-state index contributed by atoms with van der Waals surface area (Å²) >= 11 is 6.19. The quantitative estimate of drug-likeness (QED) is 0.361. The molecular formula is C13H20ClN3O. The number of nitrogens with zero attached hydrogens (tertiary/aromatic N) is 2. The Bertz CT molecular complexity index is 421. The molecule has 0 saturated carbocycles. The molecule has 5 heteroatoms. The van der Waals surface area contributed by atoms with Gasteiger partial charge in [0.2, 0.25) is 0 Å². The molecule has 100 valence electrons. The standard InChI is InChI=1S/C13H20ClN3O/c1-3-4-7-17(2)9-11-6-5-10(8-12(11)14)13(15)16-18/h5-6,8,18H,3-4,7,9H2,1-2H3,(H2,15,16). The predicted octanol–water partition coefficient (Wildman–Crippen LogP) is 2.67. The Labute approximate surface area is 113 Å². The first-order chi connectivity index (χ1) is 8.58. The summed E-state index contributed by atoms with van der Waals surface area (Å²) in [6.07, 6.45) is 2.36. The highest BCUT2D eigenvalue weighted by Crippen LogP contribution is 2.19. The van der Waals surface area contributed by atoms with Crippen molar-refractivity contribution in [1.29, 1.82) is 0 Å². The second-order valence-corrected chi connectivity index (χ2v) is 4.79. The fraction of sp³-hybridized carbons (Fsp3) is 0.462. The minimum Gasteiger partial charge on any atom is -0.409 e. The monoisotopic (exact) mass is 269 g/mol. The summed E-state index contributed by atoms with van der Waals surface area (Å²) in [5, 5.41) is 12.2. The van der Waals surface area contributed by atoms with E-state index in [1.807, 2.05) is 12.1 Å². The molecule has 3 N–H and O–H groups in total. The predicted molar refractivity (Wildman–Crippen MR) is 75.2 cm³/mol. The lowest BCUT2D eigenvalue weighted by atomic mass is 10.1. The van der Waals surface area contributed by atoms with Crippen LogP contribution in [0.15, 0.2) is 23.4 Å². The van der Waals surface area contributed by atoms with E-state index in [4.69, 9.17) is 22.5 Å². The van der Waals surface area contributed by atoms with Crippen molar-refractivity contribution in [2.45, 2.75) is 26.3 Å². The normalized spacial score (nSPS) is 12.1. The molecule has 0 aliphatic carbocycles. The average Bonchev–Trinajstić information content (AvgIpc) is 2.37. The van der Waals surface area contributed by atoms with E-state index in [2.05, 4.69) is 24.0 Å². The van der Waals surface area contributed by atoms with Crippen LogP contribution in [-0.4, -0.2) is 29.5 Å². The maximum Gasteiger partial charge on any atom is 0.170 e. The third-order valence-corrected chi connectivity index (χ3v) is 3.14. The van der Waals surface area contributed by atoms with Crippen LogP contribution >= 0.6 is 11.6 Å². The zero-order chi connectivity index (χ0) is 13.5. The zero-order valence-corrected chi connectivity index (χ0v) is 11.6. The SMILES string of the molecule is CCCCN(C)Cc1ccc(/C(N)=N/O)cc1Cl. The summed E-state index contributed by atoms with van der Waals surface area (Å²) in [5.74, 6) is 0.0720. The van der Waals surface area contributed by atoms with Crippen LogP contribution in [0.5, 0.6) is 0 Å². The number of hydrogen-bond acceptors (Lipinski definition) is 3. The highest BCUT2D eigenvalue weighted by Gasteiger charge is 2.07. The van der Waals surface area contributed by atoms with Gasteiger partial charge < -0.3 is 15.8 Å². The number of nitrogens with two attached hydrogens (primary N) is 1. The van der Waals surface area contributed by atoms with Crippen LogP contribution in [0.2, 0.25) is 5.02 Å². The Morgan fingerprint density at radius 3 is 2.78 bits per heavy atom. The smallest absolute Gasteiger partial charge is 0.170 e. The van der Waals surface area contributed by atoms with Crippen molar-refractivity contribution in [2.24, 2.45) is 10.9 Å². The number of amidine groups is 1. The van der Waals surface area contributed by atoms with Gasteiger partial charge in [-0.15, -0.1) is 0 Å². The molecular weight excluding hydrogens is 250 g/mol. The molecule has 0 fully saturated rings. The largest absolute Gasteiger partial charge is 0.409 e. The van der Waals surface area contributed by atoms with Gasteiger partial charge in [0.25, 0.3) is 0 Å². The molecule has 0 spiro atoms. The van der Waals surface area contributed by atoms with Gasteiger partial charge in [-0.1, -0.05) is 42.2 Å². The number of hydrogen-bond donors (Lipinski definition) is 2. The lowest BCUT2D eigenvalue weighted by molar-refractivity contribution is 0.318. The van der Waals surface area contributed by atoms with Gasteiger partial charge in [0, 0.05) is 17.1 Å². The van der Waals surface area contributed by atoms with Gasteiger partial charge in [-0.25, -0.2) is 0 Å². The van der Waals surface area contributed by atoms with E-state index < -0.39 is 0 Å². The summed E-state index contributed by atoms with van der Waals surface area (Å²) in [6.45, 7) is 4.02. The van der Waals surface area contributed by atoms with Gasteiger partial charge in [-0.05, 0) is 31.6 Å². The van der Waals surface area contributed by atoms with E-state index in [1.165, 1.54) is 12.8 Å². The molecule has 0 aliphatic rings. The number of halogens is 1. The second kappa shape index (κ2) is 7.24. The molecule has 1 rings (SSSR count). The van der Waals surface area contributed by atoms with Crippen molar-refractivity contribution in [2.75, 3.05) is 13.6 Å². The summed E-state index contributed by atoms with van der Waals surface area (Å²) < 4.78 is 0. The molecule has 1 aromatic carbocycles. The van der Waals surface area contributed by atoms with Crippen molar-refractivity contribution in [3.05, 3.63) is 34.3 Å². The van der Waals surface area contributed by atoms with E-state index in [-0.39, 0.29) is 5.84 Å².